The lowest BCUT2D eigenvalue weighted by molar-refractivity contribution is -0.116. The van der Waals surface area contributed by atoms with Crippen LogP contribution in [0.2, 0.25) is 5.02 Å². The van der Waals surface area contributed by atoms with E-state index >= 15 is 0 Å². The SMILES string of the molecule is Cc1ccc(-n2cnnc2SCC(=O)N2CCSc3ccc(Cl)cc32)cc1. The largest absolute Gasteiger partial charge is 0.310 e. The van der Waals surface area contributed by atoms with E-state index in [0.29, 0.717) is 22.5 Å². The second-order valence-electron chi connectivity index (χ2n) is 6.11. The summed E-state index contributed by atoms with van der Waals surface area (Å²) in [4.78, 5) is 15.8. The van der Waals surface area contributed by atoms with Crippen LogP contribution in [-0.4, -0.2) is 38.7 Å². The number of carbonyl (C=O) groups is 1. The average molecular weight is 417 g/mol. The maximum atomic E-state index is 12.9. The maximum Gasteiger partial charge on any atom is 0.237 e. The fourth-order valence-corrected chi connectivity index (χ4v) is 4.81. The third kappa shape index (κ3) is 4.00. The minimum absolute atomic E-state index is 0.0438. The molecule has 0 N–H and O–H groups in total. The molecule has 0 unspecified atom stereocenters. The van der Waals surface area contributed by atoms with Gasteiger partial charge in [0.1, 0.15) is 6.33 Å². The average Bonchev–Trinajstić information content (AvgIpc) is 3.14. The molecule has 2 aromatic carbocycles. The minimum atomic E-state index is 0.0438. The highest BCUT2D eigenvalue weighted by Crippen LogP contribution is 2.37. The molecule has 4 rings (SSSR count). The highest BCUT2D eigenvalue weighted by Gasteiger charge is 2.24. The predicted molar refractivity (Wildman–Crippen MR) is 111 cm³/mol. The summed E-state index contributed by atoms with van der Waals surface area (Å²) in [5, 5.41) is 9.51. The molecule has 0 bridgehead atoms. The Balaban J connectivity index is 1.49. The first-order chi connectivity index (χ1) is 13.1. The van der Waals surface area contributed by atoms with Crippen LogP contribution in [0.4, 0.5) is 5.69 Å². The zero-order chi connectivity index (χ0) is 18.8. The van der Waals surface area contributed by atoms with Crippen LogP contribution >= 0.6 is 35.1 Å². The van der Waals surface area contributed by atoms with Gasteiger partial charge in [-0.25, -0.2) is 0 Å². The zero-order valence-corrected chi connectivity index (χ0v) is 17.0. The number of thioether (sulfide) groups is 2. The first-order valence-electron chi connectivity index (χ1n) is 8.44. The molecule has 0 aliphatic carbocycles. The molecule has 0 atom stereocenters. The molecular formula is C19H17ClN4OS2. The van der Waals surface area contributed by atoms with E-state index in [0.717, 1.165) is 22.0 Å². The van der Waals surface area contributed by atoms with Crippen molar-refractivity contribution in [3.63, 3.8) is 0 Å². The summed E-state index contributed by atoms with van der Waals surface area (Å²) < 4.78 is 1.90. The molecule has 0 radical (unpaired) electrons. The Hall–Kier alpha value is -1.96. The van der Waals surface area contributed by atoms with E-state index in [1.165, 1.54) is 17.3 Å². The van der Waals surface area contributed by atoms with Gasteiger partial charge in [0, 0.05) is 27.9 Å². The topological polar surface area (TPSA) is 51.0 Å². The Labute approximate surface area is 171 Å². The van der Waals surface area contributed by atoms with Gasteiger partial charge in [-0.3, -0.25) is 9.36 Å². The van der Waals surface area contributed by atoms with E-state index < -0.39 is 0 Å². The Morgan fingerprint density at radius 2 is 2.07 bits per heavy atom. The van der Waals surface area contributed by atoms with Crippen LogP contribution in [0.15, 0.2) is 58.8 Å². The van der Waals surface area contributed by atoms with Crippen LogP contribution < -0.4 is 4.90 Å². The number of nitrogens with zero attached hydrogens (tertiary/aromatic N) is 4. The molecule has 3 aromatic rings. The van der Waals surface area contributed by atoms with E-state index in [4.69, 9.17) is 11.6 Å². The van der Waals surface area contributed by atoms with Crippen molar-refractivity contribution in [3.8, 4) is 5.69 Å². The number of fused-ring (bicyclic) bond motifs is 1. The van der Waals surface area contributed by atoms with Crippen molar-refractivity contribution in [2.45, 2.75) is 17.0 Å². The molecule has 1 aromatic heterocycles. The van der Waals surface area contributed by atoms with Crippen LogP contribution in [0.1, 0.15) is 5.56 Å². The molecule has 1 aliphatic heterocycles. The summed E-state index contributed by atoms with van der Waals surface area (Å²) in [6.45, 7) is 2.73. The van der Waals surface area contributed by atoms with E-state index in [-0.39, 0.29) is 5.91 Å². The van der Waals surface area contributed by atoms with Crippen molar-refractivity contribution in [2.24, 2.45) is 0 Å². The van der Waals surface area contributed by atoms with E-state index in [9.17, 15) is 4.79 Å². The summed E-state index contributed by atoms with van der Waals surface area (Å²) in [7, 11) is 0. The molecule has 0 saturated carbocycles. The summed E-state index contributed by atoms with van der Waals surface area (Å²) in [5.41, 5.74) is 3.06. The normalized spacial score (nSPS) is 13.5. The minimum Gasteiger partial charge on any atom is -0.310 e. The molecule has 0 spiro atoms. The Morgan fingerprint density at radius 3 is 2.89 bits per heavy atom. The molecule has 5 nitrogen and oxygen atoms in total. The monoisotopic (exact) mass is 416 g/mol. The predicted octanol–water partition coefficient (Wildman–Crippen LogP) is 4.46. The molecule has 8 heteroatoms. The Bertz CT molecular complexity index is 974. The number of rotatable bonds is 4. The maximum absolute atomic E-state index is 12.9. The van der Waals surface area contributed by atoms with Gasteiger partial charge >= 0.3 is 0 Å². The Morgan fingerprint density at radius 1 is 1.26 bits per heavy atom. The van der Waals surface area contributed by atoms with E-state index in [1.807, 2.05) is 58.9 Å². The van der Waals surface area contributed by atoms with Gasteiger partial charge in [-0.1, -0.05) is 41.1 Å². The number of benzene rings is 2. The van der Waals surface area contributed by atoms with Gasteiger partial charge < -0.3 is 4.90 Å². The lowest BCUT2D eigenvalue weighted by atomic mass is 10.2. The highest BCUT2D eigenvalue weighted by molar-refractivity contribution is 8.00. The number of anilines is 1. The first-order valence-corrected chi connectivity index (χ1v) is 10.8. The lowest BCUT2D eigenvalue weighted by Crippen LogP contribution is -2.36. The van der Waals surface area contributed by atoms with Crippen LogP contribution in [-0.2, 0) is 4.79 Å². The van der Waals surface area contributed by atoms with Crippen molar-refractivity contribution < 1.29 is 4.79 Å². The van der Waals surface area contributed by atoms with Gasteiger partial charge in [0.2, 0.25) is 5.91 Å². The molecule has 1 amide bonds. The molecular weight excluding hydrogens is 400 g/mol. The van der Waals surface area contributed by atoms with E-state index in [2.05, 4.69) is 10.2 Å². The molecule has 27 heavy (non-hydrogen) atoms. The van der Waals surface area contributed by atoms with Gasteiger partial charge in [-0.15, -0.1) is 22.0 Å². The third-order valence-corrected chi connectivity index (χ3v) is 6.44. The smallest absolute Gasteiger partial charge is 0.237 e. The number of hydrogen-bond donors (Lipinski definition) is 0. The summed E-state index contributed by atoms with van der Waals surface area (Å²) in [6.07, 6.45) is 1.67. The third-order valence-electron chi connectivity index (χ3n) is 4.24. The van der Waals surface area contributed by atoms with Crippen molar-refractivity contribution in [1.29, 1.82) is 0 Å². The van der Waals surface area contributed by atoms with Gasteiger partial charge in [-0.2, -0.15) is 0 Å². The quantitative estimate of drug-likeness (QED) is 0.587. The first kappa shape index (κ1) is 18.4. The summed E-state index contributed by atoms with van der Waals surface area (Å²) in [5.74, 6) is 1.22. The zero-order valence-electron chi connectivity index (χ0n) is 14.6. The molecule has 1 aliphatic rings. The fraction of sp³-hybridized carbons (Fsp3) is 0.211. The van der Waals surface area contributed by atoms with Crippen molar-refractivity contribution in [3.05, 3.63) is 59.4 Å². The Kier molecular flexibility index (Phi) is 5.43. The van der Waals surface area contributed by atoms with Gasteiger partial charge in [0.05, 0.1) is 11.4 Å². The number of carbonyl (C=O) groups excluding carboxylic acids is 1. The summed E-state index contributed by atoms with van der Waals surface area (Å²) >= 11 is 9.27. The highest BCUT2D eigenvalue weighted by atomic mass is 35.5. The van der Waals surface area contributed by atoms with Crippen LogP contribution in [0.5, 0.6) is 0 Å². The molecule has 0 fully saturated rings. The number of aryl methyl sites for hydroxylation is 1. The van der Waals surface area contributed by atoms with Crippen molar-refractivity contribution >= 4 is 46.7 Å². The van der Waals surface area contributed by atoms with Gasteiger partial charge in [0.15, 0.2) is 5.16 Å². The molecule has 138 valence electrons. The second-order valence-corrected chi connectivity index (χ2v) is 8.63. The van der Waals surface area contributed by atoms with Gasteiger partial charge in [0.25, 0.3) is 0 Å². The standard InChI is InChI=1S/C19H17ClN4OS2/c1-13-2-5-15(6-3-13)24-12-21-22-19(24)27-11-18(25)23-8-9-26-17-7-4-14(20)10-16(17)23/h2-7,10,12H,8-9,11H2,1H3. The van der Waals surface area contributed by atoms with Crippen LogP contribution in [0, 0.1) is 6.92 Å². The van der Waals surface area contributed by atoms with Gasteiger partial charge in [-0.05, 0) is 37.3 Å². The molecule has 0 saturated heterocycles. The summed E-state index contributed by atoms with van der Waals surface area (Å²) in [6, 6.07) is 13.8. The van der Waals surface area contributed by atoms with Crippen molar-refractivity contribution in [2.75, 3.05) is 23.0 Å². The molecule has 2 heterocycles. The van der Waals surface area contributed by atoms with E-state index in [1.54, 1.807) is 18.1 Å². The number of hydrogen-bond acceptors (Lipinski definition) is 5. The number of aromatic nitrogens is 3. The van der Waals surface area contributed by atoms with Crippen LogP contribution in [0.3, 0.4) is 0 Å². The van der Waals surface area contributed by atoms with Crippen LogP contribution in [0.25, 0.3) is 5.69 Å². The second kappa shape index (κ2) is 7.96. The van der Waals surface area contributed by atoms with Crippen molar-refractivity contribution in [1.82, 2.24) is 14.8 Å². The fourth-order valence-electron chi connectivity index (χ4n) is 2.86. The number of halogens is 1. The number of amides is 1. The lowest BCUT2D eigenvalue weighted by Gasteiger charge is -2.29.